The van der Waals surface area contributed by atoms with Crippen LogP contribution < -0.4 is 21.7 Å². The maximum Gasteiger partial charge on any atom is 0.326 e. The summed E-state index contributed by atoms with van der Waals surface area (Å²) in [4.78, 5) is 58.1. The summed E-state index contributed by atoms with van der Waals surface area (Å²) in [7, 11) is 0. The Morgan fingerprint density at radius 2 is 1.56 bits per heavy atom. The topological polar surface area (TPSA) is 200 Å². The number of hydrogen-bond donors (Lipinski definition) is 7. The summed E-state index contributed by atoms with van der Waals surface area (Å²) in [5.74, 6) is -3.24. The number of phenols is 1. The van der Waals surface area contributed by atoms with Crippen LogP contribution >= 0.6 is 0 Å². The molecular weight excluding hydrogens is 504 g/mol. The fourth-order valence-corrected chi connectivity index (χ4v) is 3.99. The number of aliphatic carboxylic acids is 1. The second-order valence-corrected chi connectivity index (χ2v) is 10.2. The number of benzene rings is 1. The summed E-state index contributed by atoms with van der Waals surface area (Å²) < 4.78 is 0. The van der Waals surface area contributed by atoms with E-state index in [1.807, 2.05) is 20.8 Å². The normalized spacial score (nSPS) is 15.0. The third-order valence-electron chi connectivity index (χ3n) is 6.46. The third-order valence-corrected chi connectivity index (χ3v) is 6.46. The number of carboxylic acid groups (broad SMARTS) is 1. The molecule has 0 fully saturated rings. The van der Waals surface area contributed by atoms with E-state index < -0.39 is 47.9 Å². The lowest BCUT2D eigenvalue weighted by Crippen LogP contribution is -2.58. The van der Waals surface area contributed by atoms with Crippen molar-refractivity contribution < 1.29 is 29.4 Å². The second-order valence-electron chi connectivity index (χ2n) is 10.2. The summed E-state index contributed by atoms with van der Waals surface area (Å²) in [6.45, 7) is 7.30. The molecule has 5 unspecified atom stereocenters. The molecule has 1 heterocycles. The average molecular weight is 545 g/mol. The van der Waals surface area contributed by atoms with Gasteiger partial charge in [-0.2, -0.15) is 0 Å². The van der Waals surface area contributed by atoms with E-state index in [2.05, 4.69) is 25.9 Å². The minimum atomic E-state index is -1.16. The van der Waals surface area contributed by atoms with Crippen LogP contribution in [-0.2, 0) is 32.0 Å². The predicted octanol–water partition coefficient (Wildman–Crippen LogP) is 0.859. The molecule has 214 valence electrons. The van der Waals surface area contributed by atoms with Crippen molar-refractivity contribution in [3.63, 3.8) is 0 Å². The Morgan fingerprint density at radius 3 is 2.10 bits per heavy atom. The van der Waals surface area contributed by atoms with Crippen molar-refractivity contribution in [1.29, 1.82) is 0 Å². The van der Waals surface area contributed by atoms with E-state index in [0.29, 0.717) is 17.7 Å². The van der Waals surface area contributed by atoms with Crippen LogP contribution in [0.5, 0.6) is 5.75 Å². The quantitative estimate of drug-likeness (QED) is 0.171. The molecule has 12 nitrogen and oxygen atoms in total. The van der Waals surface area contributed by atoms with Gasteiger partial charge in [0.25, 0.3) is 0 Å². The molecule has 0 spiro atoms. The Kier molecular flexibility index (Phi) is 11.9. The average Bonchev–Trinajstić information content (AvgIpc) is 3.39. The summed E-state index contributed by atoms with van der Waals surface area (Å²) in [6.07, 6.45) is 4.05. The van der Waals surface area contributed by atoms with Crippen molar-refractivity contribution in [1.82, 2.24) is 25.9 Å². The zero-order valence-corrected chi connectivity index (χ0v) is 22.8. The van der Waals surface area contributed by atoms with Gasteiger partial charge in [-0.25, -0.2) is 9.78 Å². The van der Waals surface area contributed by atoms with Gasteiger partial charge >= 0.3 is 5.97 Å². The molecule has 0 saturated heterocycles. The number of imidazole rings is 1. The number of nitrogens with one attached hydrogen (secondary N) is 4. The number of carboxylic acids is 1. The number of amides is 3. The second kappa shape index (κ2) is 14.9. The van der Waals surface area contributed by atoms with E-state index in [-0.39, 0.29) is 36.8 Å². The standard InChI is InChI=1S/C27H40N6O6/c1-5-16(4)23(27(38)39)33-26(37)21(10-15(2)3)32-25(36)22(11-17-6-8-19(34)9-7-17)31-24(35)20(28)12-18-13-29-14-30-18/h6-9,13-16,20-23,34H,5,10-12,28H2,1-4H3,(H,29,30)(H,31,35)(H,32,36)(H,33,37)(H,38,39). The van der Waals surface area contributed by atoms with Crippen molar-refractivity contribution >= 4 is 23.7 Å². The van der Waals surface area contributed by atoms with Crippen LogP contribution in [0.2, 0.25) is 0 Å². The Bertz CT molecular complexity index is 1090. The molecule has 39 heavy (non-hydrogen) atoms. The maximum atomic E-state index is 13.5. The van der Waals surface area contributed by atoms with E-state index in [9.17, 15) is 29.4 Å². The Balaban J connectivity index is 2.24. The fourth-order valence-electron chi connectivity index (χ4n) is 3.99. The Morgan fingerprint density at radius 1 is 0.949 bits per heavy atom. The lowest BCUT2D eigenvalue weighted by molar-refractivity contribution is -0.144. The predicted molar refractivity (Wildman–Crippen MR) is 144 cm³/mol. The molecule has 2 aromatic rings. The van der Waals surface area contributed by atoms with Gasteiger partial charge in [0.15, 0.2) is 0 Å². The van der Waals surface area contributed by atoms with Gasteiger partial charge < -0.3 is 36.9 Å². The summed E-state index contributed by atoms with van der Waals surface area (Å²) in [5, 5.41) is 27.2. The highest BCUT2D eigenvalue weighted by Gasteiger charge is 2.32. The highest BCUT2D eigenvalue weighted by molar-refractivity contribution is 5.94. The first-order chi connectivity index (χ1) is 18.4. The van der Waals surface area contributed by atoms with E-state index in [1.54, 1.807) is 25.3 Å². The molecule has 2 rings (SSSR count). The number of phenolic OH excluding ortho intramolecular Hbond substituents is 1. The minimum Gasteiger partial charge on any atom is -0.508 e. The lowest BCUT2D eigenvalue weighted by Gasteiger charge is -2.27. The number of nitrogens with two attached hydrogens (primary N) is 1. The molecule has 0 aliphatic carbocycles. The zero-order chi connectivity index (χ0) is 29.1. The first kappa shape index (κ1) is 31.3. The van der Waals surface area contributed by atoms with Crippen LogP contribution in [0.15, 0.2) is 36.8 Å². The third kappa shape index (κ3) is 10.0. The summed E-state index contributed by atoms with van der Waals surface area (Å²) >= 11 is 0. The van der Waals surface area contributed by atoms with Crippen LogP contribution in [-0.4, -0.2) is 68.0 Å². The van der Waals surface area contributed by atoms with E-state index in [1.165, 1.54) is 18.5 Å². The molecular formula is C27H40N6O6. The fraction of sp³-hybridized carbons (Fsp3) is 0.519. The number of H-pyrrole nitrogens is 1. The lowest BCUT2D eigenvalue weighted by atomic mass is 9.97. The van der Waals surface area contributed by atoms with Crippen molar-refractivity contribution in [3.05, 3.63) is 48.0 Å². The molecule has 3 amide bonds. The Hall–Kier alpha value is -3.93. The van der Waals surface area contributed by atoms with Crippen LogP contribution in [0.1, 0.15) is 51.8 Å². The molecule has 1 aromatic heterocycles. The van der Waals surface area contributed by atoms with Gasteiger partial charge in [-0.3, -0.25) is 14.4 Å². The maximum absolute atomic E-state index is 13.5. The highest BCUT2D eigenvalue weighted by atomic mass is 16.4. The number of carbonyl (C=O) groups is 4. The van der Waals surface area contributed by atoms with Crippen molar-refractivity contribution in [3.8, 4) is 5.75 Å². The number of aromatic amines is 1. The number of nitrogens with zero attached hydrogens (tertiary/aromatic N) is 1. The monoisotopic (exact) mass is 544 g/mol. The van der Waals surface area contributed by atoms with Crippen LogP contribution in [0.25, 0.3) is 0 Å². The van der Waals surface area contributed by atoms with Gasteiger partial charge in [-0.15, -0.1) is 0 Å². The number of carbonyl (C=O) groups excluding carboxylic acids is 3. The molecule has 0 aliphatic rings. The van der Waals surface area contributed by atoms with Crippen molar-refractivity contribution in [2.45, 2.75) is 77.5 Å². The molecule has 0 saturated carbocycles. The summed E-state index contributed by atoms with van der Waals surface area (Å²) in [6, 6.07) is 1.97. The smallest absolute Gasteiger partial charge is 0.326 e. The summed E-state index contributed by atoms with van der Waals surface area (Å²) in [5.41, 5.74) is 7.37. The number of aromatic nitrogens is 2. The van der Waals surface area contributed by atoms with Crippen molar-refractivity contribution in [2.24, 2.45) is 17.6 Å². The molecule has 8 N–H and O–H groups in total. The van der Waals surface area contributed by atoms with Gasteiger partial charge in [0, 0.05) is 24.7 Å². The van der Waals surface area contributed by atoms with Crippen molar-refractivity contribution in [2.75, 3.05) is 0 Å². The van der Waals surface area contributed by atoms with Crippen LogP contribution in [0.3, 0.4) is 0 Å². The first-order valence-corrected chi connectivity index (χ1v) is 13.1. The zero-order valence-electron chi connectivity index (χ0n) is 22.8. The Labute approximate surface area is 228 Å². The van der Waals surface area contributed by atoms with Gasteiger partial charge in [-0.1, -0.05) is 46.2 Å². The van der Waals surface area contributed by atoms with E-state index in [4.69, 9.17) is 5.73 Å². The number of hydrogen-bond acceptors (Lipinski definition) is 7. The van der Waals surface area contributed by atoms with Crippen LogP contribution in [0, 0.1) is 11.8 Å². The molecule has 12 heteroatoms. The van der Waals surface area contributed by atoms with Gasteiger partial charge in [0.2, 0.25) is 17.7 Å². The first-order valence-electron chi connectivity index (χ1n) is 13.1. The highest BCUT2D eigenvalue weighted by Crippen LogP contribution is 2.14. The largest absolute Gasteiger partial charge is 0.508 e. The number of aromatic hydroxyl groups is 1. The van der Waals surface area contributed by atoms with E-state index in [0.717, 1.165) is 0 Å². The van der Waals surface area contributed by atoms with Gasteiger partial charge in [-0.05, 0) is 36.0 Å². The molecule has 1 aromatic carbocycles. The number of rotatable bonds is 15. The molecule has 5 atom stereocenters. The SMILES string of the molecule is CCC(C)C(NC(=O)C(CC(C)C)NC(=O)C(Cc1ccc(O)cc1)NC(=O)C(N)Cc1cnc[nH]1)C(=O)O. The van der Waals surface area contributed by atoms with E-state index >= 15 is 0 Å². The molecule has 0 radical (unpaired) electrons. The molecule has 0 aliphatic heterocycles. The van der Waals surface area contributed by atoms with Gasteiger partial charge in [0.05, 0.1) is 12.4 Å². The van der Waals surface area contributed by atoms with Gasteiger partial charge in [0.1, 0.15) is 23.9 Å². The van der Waals surface area contributed by atoms with Crippen LogP contribution in [0.4, 0.5) is 0 Å². The molecule has 0 bridgehead atoms. The minimum absolute atomic E-state index is 0.000828.